The molecule has 1 aromatic carbocycles. The maximum absolute atomic E-state index is 12.1. The van der Waals surface area contributed by atoms with E-state index in [2.05, 4.69) is 11.0 Å². The third-order valence-electron chi connectivity index (χ3n) is 4.95. The molecule has 1 saturated heterocycles. The van der Waals surface area contributed by atoms with Crippen molar-refractivity contribution < 1.29 is 0 Å². The van der Waals surface area contributed by atoms with E-state index < -0.39 is 0 Å². The highest BCUT2D eigenvalue weighted by atomic mass is 35.5. The van der Waals surface area contributed by atoms with Crippen LogP contribution in [-0.2, 0) is 13.1 Å². The van der Waals surface area contributed by atoms with E-state index in [0.29, 0.717) is 21.9 Å². The molecule has 0 N–H and O–H groups in total. The van der Waals surface area contributed by atoms with Crippen LogP contribution >= 0.6 is 23.2 Å². The molecule has 0 amide bonds. The SMILES string of the molecule is O=c1cccc2n1C[C@@H]1C[C@@H]2CN(Cc2ccc(Cl)c(Cl)c2)C1. The second-order valence-electron chi connectivity index (χ2n) is 6.64. The first kappa shape index (κ1) is 15.3. The zero-order valence-electron chi connectivity index (χ0n) is 12.7. The molecule has 1 aromatic heterocycles. The number of benzene rings is 1. The number of halogens is 2. The number of piperidine rings is 1. The van der Waals surface area contributed by atoms with Crippen LogP contribution in [0.25, 0.3) is 0 Å². The lowest BCUT2D eigenvalue weighted by molar-refractivity contribution is 0.114. The van der Waals surface area contributed by atoms with Gasteiger partial charge in [-0.1, -0.05) is 35.3 Å². The number of rotatable bonds is 2. The van der Waals surface area contributed by atoms with Crippen LogP contribution in [0, 0.1) is 5.92 Å². The van der Waals surface area contributed by atoms with Crippen LogP contribution in [-0.4, -0.2) is 22.6 Å². The molecule has 3 heterocycles. The van der Waals surface area contributed by atoms with Crippen molar-refractivity contribution in [1.82, 2.24) is 9.47 Å². The minimum Gasteiger partial charge on any atom is -0.312 e. The highest BCUT2D eigenvalue weighted by Crippen LogP contribution is 2.35. The lowest BCUT2D eigenvalue weighted by Gasteiger charge is -2.42. The van der Waals surface area contributed by atoms with E-state index in [1.165, 1.54) is 17.7 Å². The van der Waals surface area contributed by atoms with Crippen molar-refractivity contribution in [1.29, 1.82) is 0 Å². The molecule has 2 aliphatic rings. The molecular formula is C18H18Cl2N2O. The van der Waals surface area contributed by atoms with Crippen molar-refractivity contribution >= 4 is 23.2 Å². The molecule has 120 valence electrons. The Bertz CT molecular complexity index is 802. The van der Waals surface area contributed by atoms with Crippen LogP contribution in [0.2, 0.25) is 10.0 Å². The summed E-state index contributed by atoms with van der Waals surface area (Å²) in [7, 11) is 0. The van der Waals surface area contributed by atoms with E-state index in [9.17, 15) is 4.79 Å². The first-order chi connectivity index (χ1) is 11.1. The van der Waals surface area contributed by atoms with Crippen molar-refractivity contribution in [2.45, 2.75) is 25.4 Å². The van der Waals surface area contributed by atoms with E-state index in [4.69, 9.17) is 23.2 Å². The molecule has 2 aliphatic heterocycles. The van der Waals surface area contributed by atoms with Gasteiger partial charge < -0.3 is 4.57 Å². The molecule has 1 fully saturated rings. The largest absolute Gasteiger partial charge is 0.312 e. The fourth-order valence-corrected chi connectivity index (χ4v) is 4.34. The Balaban J connectivity index is 1.56. The monoisotopic (exact) mass is 348 g/mol. The van der Waals surface area contributed by atoms with Gasteiger partial charge >= 0.3 is 0 Å². The van der Waals surface area contributed by atoms with Crippen molar-refractivity contribution in [3.8, 4) is 0 Å². The first-order valence-electron chi connectivity index (χ1n) is 7.96. The van der Waals surface area contributed by atoms with E-state index in [0.717, 1.165) is 26.2 Å². The van der Waals surface area contributed by atoms with Crippen molar-refractivity contribution in [3.05, 3.63) is 68.1 Å². The first-order valence-corrected chi connectivity index (χ1v) is 8.72. The van der Waals surface area contributed by atoms with E-state index in [1.807, 2.05) is 28.8 Å². The number of likely N-dealkylation sites (tertiary alicyclic amines) is 1. The molecule has 0 radical (unpaired) electrons. The highest BCUT2D eigenvalue weighted by molar-refractivity contribution is 6.42. The maximum atomic E-state index is 12.1. The third kappa shape index (κ3) is 2.93. The summed E-state index contributed by atoms with van der Waals surface area (Å²) in [6.45, 7) is 3.72. The maximum Gasteiger partial charge on any atom is 0.250 e. The number of nitrogens with zero attached hydrogens (tertiary/aromatic N) is 2. The molecule has 0 spiro atoms. The van der Waals surface area contributed by atoms with Gasteiger partial charge in [-0.25, -0.2) is 0 Å². The van der Waals surface area contributed by atoms with Gasteiger partial charge in [-0.05, 0) is 36.1 Å². The van der Waals surface area contributed by atoms with Gasteiger partial charge in [-0.2, -0.15) is 0 Å². The van der Waals surface area contributed by atoms with E-state index in [1.54, 1.807) is 6.07 Å². The number of hydrogen-bond acceptors (Lipinski definition) is 2. The summed E-state index contributed by atoms with van der Waals surface area (Å²) in [4.78, 5) is 14.5. The Morgan fingerprint density at radius 1 is 1.04 bits per heavy atom. The standard InChI is InChI=1S/C18H18Cl2N2O/c19-15-5-4-12(7-16(15)20)8-21-9-13-6-14(11-21)17-2-1-3-18(23)22(17)10-13/h1-5,7,13-14H,6,8-11H2/t13-,14-/m1/s1. The highest BCUT2D eigenvalue weighted by Gasteiger charge is 2.34. The van der Waals surface area contributed by atoms with Gasteiger partial charge in [-0.3, -0.25) is 9.69 Å². The Labute approximate surface area is 145 Å². The van der Waals surface area contributed by atoms with Crippen LogP contribution in [0.3, 0.4) is 0 Å². The minimum absolute atomic E-state index is 0.134. The van der Waals surface area contributed by atoms with Gasteiger partial charge in [0.2, 0.25) is 0 Å². The quantitative estimate of drug-likeness (QED) is 0.825. The minimum atomic E-state index is 0.134. The molecule has 3 nitrogen and oxygen atoms in total. The summed E-state index contributed by atoms with van der Waals surface area (Å²) in [5.41, 5.74) is 2.51. The average molecular weight is 349 g/mol. The predicted molar refractivity (Wildman–Crippen MR) is 93.3 cm³/mol. The van der Waals surface area contributed by atoms with Crippen LogP contribution in [0.5, 0.6) is 0 Å². The van der Waals surface area contributed by atoms with Crippen LogP contribution in [0.4, 0.5) is 0 Å². The normalized spacial score (nSPS) is 23.6. The number of pyridine rings is 1. The summed E-state index contributed by atoms with van der Waals surface area (Å²) in [5, 5.41) is 1.21. The van der Waals surface area contributed by atoms with Crippen LogP contribution in [0.15, 0.2) is 41.2 Å². The van der Waals surface area contributed by atoms with Crippen molar-refractivity contribution in [2.75, 3.05) is 13.1 Å². The molecule has 0 aliphatic carbocycles. The Hall–Kier alpha value is -1.29. The van der Waals surface area contributed by atoms with Gasteiger partial charge in [0.25, 0.3) is 5.56 Å². The molecule has 2 aromatic rings. The molecule has 0 saturated carbocycles. The van der Waals surface area contributed by atoms with E-state index in [-0.39, 0.29) is 5.56 Å². The van der Waals surface area contributed by atoms with Gasteiger partial charge in [0.15, 0.2) is 0 Å². The fraction of sp³-hybridized carbons (Fsp3) is 0.389. The van der Waals surface area contributed by atoms with Crippen molar-refractivity contribution in [3.63, 3.8) is 0 Å². The summed E-state index contributed by atoms with van der Waals surface area (Å²) >= 11 is 12.1. The average Bonchev–Trinajstić information content (AvgIpc) is 2.52. The van der Waals surface area contributed by atoms with E-state index >= 15 is 0 Å². The predicted octanol–water partition coefficient (Wildman–Crippen LogP) is 3.77. The molecule has 0 unspecified atom stereocenters. The summed E-state index contributed by atoms with van der Waals surface area (Å²) in [6, 6.07) is 11.5. The second kappa shape index (κ2) is 5.97. The smallest absolute Gasteiger partial charge is 0.250 e. The Kier molecular flexibility index (Phi) is 3.96. The molecule has 2 atom stereocenters. The number of hydrogen-bond donors (Lipinski definition) is 0. The summed E-state index contributed by atoms with van der Waals surface area (Å²) in [5.74, 6) is 0.989. The third-order valence-corrected chi connectivity index (χ3v) is 5.68. The lowest BCUT2D eigenvalue weighted by Crippen LogP contribution is -2.46. The number of fused-ring (bicyclic) bond motifs is 4. The number of aromatic nitrogens is 1. The molecular weight excluding hydrogens is 331 g/mol. The zero-order chi connectivity index (χ0) is 16.0. The summed E-state index contributed by atoms with van der Waals surface area (Å²) in [6.07, 6.45) is 1.18. The van der Waals surface area contributed by atoms with Crippen LogP contribution in [0.1, 0.15) is 23.6 Å². The van der Waals surface area contributed by atoms with Gasteiger partial charge in [0, 0.05) is 43.9 Å². The molecule has 5 heteroatoms. The summed E-state index contributed by atoms with van der Waals surface area (Å²) < 4.78 is 1.97. The van der Waals surface area contributed by atoms with Crippen LogP contribution < -0.4 is 5.56 Å². The lowest BCUT2D eigenvalue weighted by atomic mass is 9.83. The Morgan fingerprint density at radius 2 is 1.91 bits per heavy atom. The molecule has 2 bridgehead atoms. The Morgan fingerprint density at radius 3 is 2.74 bits per heavy atom. The fourth-order valence-electron chi connectivity index (χ4n) is 4.02. The molecule has 23 heavy (non-hydrogen) atoms. The van der Waals surface area contributed by atoms with Gasteiger partial charge in [0.1, 0.15) is 0 Å². The van der Waals surface area contributed by atoms with Gasteiger partial charge in [0.05, 0.1) is 10.0 Å². The molecule has 4 rings (SSSR count). The topological polar surface area (TPSA) is 25.2 Å². The van der Waals surface area contributed by atoms with Crippen molar-refractivity contribution in [2.24, 2.45) is 5.92 Å². The zero-order valence-corrected chi connectivity index (χ0v) is 14.2. The van der Waals surface area contributed by atoms with Gasteiger partial charge in [-0.15, -0.1) is 0 Å². The second-order valence-corrected chi connectivity index (χ2v) is 7.46.